The van der Waals surface area contributed by atoms with E-state index in [0.717, 1.165) is 6.16 Å². The number of rotatable bonds is 12. The molecule has 35 heavy (non-hydrogen) atoms. The van der Waals surface area contributed by atoms with Gasteiger partial charge in [-0.1, -0.05) is 6.92 Å². The molecule has 0 saturated heterocycles. The first kappa shape index (κ1) is 25.9. The molecule has 0 spiro atoms. The van der Waals surface area contributed by atoms with E-state index in [9.17, 15) is 0 Å². The molecule has 4 aromatic rings. The zero-order valence-electron chi connectivity index (χ0n) is 21.0. The van der Waals surface area contributed by atoms with Crippen molar-refractivity contribution in [2.24, 2.45) is 0 Å². The van der Waals surface area contributed by atoms with E-state index in [2.05, 4.69) is 138 Å². The van der Waals surface area contributed by atoms with Gasteiger partial charge >= 0.3 is 214 Å². The SMILES string of the molecule is CCCCCCCCc1ccc(CP(Br)(c2ccccc2)(c2ccccc2)c2ccccc2)cc1. The summed E-state index contributed by atoms with van der Waals surface area (Å²) in [6.07, 6.45) is 10.2. The van der Waals surface area contributed by atoms with Crippen LogP contribution in [0.25, 0.3) is 0 Å². The molecule has 0 N–H and O–H groups in total. The summed E-state index contributed by atoms with van der Waals surface area (Å²) in [6.45, 7) is 2.28. The Bertz CT molecular complexity index is 1050. The van der Waals surface area contributed by atoms with Crippen LogP contribution in [0.4, 0.5) is 0 Å². The zero-order valence-corrected chi connectivity index (χ0v) is 23.4. The first-order valence-electron chi connectivity index (χ1n) is 13.1. The number of aryl methyl sites for hydroxylation is 1. The molecule has 4 rings (SSSR count). The van der Waals surface area contributed by atoms with Crippen LogP contribution in [0.15, 0.2) is 115 Å². The second kappa shape index (κ2) is 12.2. The van der Waals surface area contributed by atoms with Crippen LogP contribution in [0.2, 0.25) is 0 Å². The molecular formula is C33H38BrP. The quantitative estimate of drug-likeness (QED) is 0.123. The topological polar surface area (TPSA) is 0 Å². The minimum atomic E-state index is -2.93. The van der Waals surface area contributed by atoms with Crippen LogP contribution in [0.3, 0.4) is 0 Å². The zero-order chi connectivity index (χ0) is 24.4. The van der Waals surface area contributed by atoms with E-state index < -0.39 is 5.31 Å². The summed E-state index contributed by atoms with van der Waals surface area (Å²) in [5, 5.41) is 1.17. The Morgan fingerprint density at radius 3 is 1.34 bits per heavy atom. The summed E-state index contributed by atoms with van der Waals surface area (Å²) >= 11 is 4.58. The van der Waals surface area contributed by atoms with Crippen molar-refractivity contribution in [1.29, 1.82) is 0 Å². The third-order valence-corrected chi connectivity index (χ3v) is 16.7. The second-order valence-corrected chi connectivity index (χ2v) is 18.6. The van der Waals surface area contributed by atoms with E-state index in [1.807, 2.05) is 0 Å². The molecule has 0 aliphatic carbocycles. The van der Waals surface area contributed by atoms with Crippen molar-refractivity contribution < 1.29 is 0 Å². The molecule has 0 saturated carbocycles. The molecule has 0 radical (unpaired) electrons. The number of halogens is 1. The van der Waals surface area contributed by atoms with Crippen molar-refractivity contribution in [3.05, 3.63) is 126 Å². The molecule has 182 valence electrons. The van der Waals surface area contributed by atoms with Gasteiger partial charge in [-0.05, 0) is 0 Å². The van der Waals surface area contributed by atoms with Crippen LogP contribution in [-0.4, -0.2) is 0 Å². The van der Waals surface area contributed by atoms with Gasteiger partial charge < -0.3 is 0 Å². The molecule has 0 aromatic heterocycles. The molecule has 0 nitrogen and oxygen atoms in total. The number of hydrogen-bond donors (Lipinski definition) is 0. The molecular weight excluding hydrogens is 507 g/mol. The van der Waals surface area contributed by atoms with Crippen LogP contribution < -0.4 is 15.9 Å². The van der Waals surface area contributed by atoms with Crippen molar-refractivity contribution in [3.8, 4) is 0 Å². The summed E-state index contributed by atoms with van der Waals surface area (Å²) in [5.74, 6) is 0. The third kappa shape index (κ3) is 5.79. The van der Waals surface area contributed by atoms with E-state index in [1.54, 1.807) is 0 Å². The Balaban J connectivity index is 1.68. The van der Waals surface area contributed by atoms with Crippen LogP contribution >= 0.6 is 20.8 Å². The van der Waals surface area contributed by atoms with Gasteiger partial charge in [0.05, 0.1) is 0 Å². The van der Waals surface area contributed by atoms with Crippen molar-refractivity contribution in [1.82, 2.24) is 0 Å². The van der Waals surface area contributed by atoms with Gasteiger partial charge in [0.1, 0.15) is 0 Å². The van der Waals surface area contributed by atoms with Gasteiger partial charge in [-0.2, -0.15) is 0 Å². The summed E-state index contributed by atoms with van der Waals surface area (Å²) in [6, 6.07) is 42.7. The Morgan fingerprint density at radius 2 is 0.886 bits per heavy atom. The summed E-state index contributed by atoms with van der Waals surface area (Å²) in [5.41, 5.74) is 2.83. The fourth-order valence-corrected chi connectivity index (χ4v) is 12.9. The van der Waals surface area contributed by atoms with E-state index in [1.165, 1.54) is 72.0 Å². The summed E-state index contributed by atoms with van der Waals surface area (Å²) in [4.78, 5) is 0. The fourth-order valence-electron chi connectivity index (χ4n) is 5.20. The predicted molar refractivity (Wildman–Crippen MR) is 161 cm³/mol. The first-order valence-corrected chi connectivity index (χ1v) is 17.6. The summed E-state index contributed by atoms with van der Waals surface area (Å²) < 4.78 is 0. The van der Waals surface area contributed by atoms with E-state index in [0.29, 0.717) is 0 Å². The van der Waals surface area contributed by atoms with Gasteiger partial charge in [-0.15, -0.1) is 0 Å². The van der Waals surface area contributed by atoms with Crippen LogP contribution in [0.1, 0.15) is 56.6 Å². The Morgan fingerprint density at radius 1 is 0.486 bits per heavy atom. The average Bonchev–Trinajstić information content (AvgIpc) is 2.93. The van der Waals surface area contributed by atoms with Crippen LogP contribution in [0, 0.1) is 0 Å². The second-order valence-electron chi connectivity index (χ2n) is 9.68. The third-order valence-electron chi connectivity index (χ3n) is 7.21. The normalized spacial score (nSPS) is 12.7. The number of unbranched alkanes of at least 4 members (excludes halogenated alkanes) is 5. The van der Waals surface area contributed by atoms with Crippen LogP contribution in [-0.2, 0) is 12.6 Å². The minimum absolute atomic E-state index is 0.945. The van der Waals surface area contributed by atoms with Crippen molar-refractivity contribution in [2.75, 3.05) is 0 Å². The molecule has 0 heterocycles. The Hall–Kier alpha value is -2.21. The fraction of sp³-hybridized carbons (Fsp3) is 0.273. The molecule has 0 amide bonds. The molecule has 0 fully saturated rings. The van der Waals surface area contributed by atoms with Gasteiger partial charge in [0.2, 0.25) is 0 Å². The molecule has 0 aliphatic rings. The average molecular weight is 546 g/mol. The van der Waals surface area contributed by atoms with Gasteiger partial charge in [-0.3, -0.25) is 0 Å². The van der Waals surface area contributed by atoms with Crippen LogP contribution in [0.5, 0.6) is 0 Å². The first-order chi connectivity index (χ1) is 17.1. The molecule has 0 unspecified atom stereocenters. The summed E-state index contributed by atoms with van der Waals surface area (Å²) in [7, 11) is 0. The Labute approximate surface area is 220 Å². The predicted octanol–water partition coefficient (Wildman–Crippen LogP) is 8.93. The van der Waals surface area contributed by atoms with Gasteiger partial charge in [0.15, 0.2) is 0 Å². The van der Waals surface area contributed by atoms with Gasteiger partial charge in [0, 0.05) is 0 Å². The van der Waals surface area contributed by atoms with Gasteiger partial charge in [-0.25, -0.2) is 0 Å². The van der Waals surface area contributed by atoms with E-state index in [4.69, 9.17) is 0 Å². The van der Waals surface area contributed by atoms with Crippen molar-refractivity contribution >= 4 is 36.7 Å². The van der Waals surface area contributed by atoms with Crippen molar-refractivity contribution in [2.45, 2.75) is 58.0 Å². The van der Waals surface area contributed by atoms with Gasteiger partial charge in [0.25, 0.3) is 0 Å². The van der Waals surface area contributed by atoms with E-state index in [-0.39, 0.29) is 0 Å². The molecule has 0 atom stereocenters. The number of benzene rings is 4. The maximum atomic E-state index is 4.58. The molecule has 0 bridgehead atoms. The maximum absolute atomic E-state index is 4.58. The van der Waals surface area contributed by atoms with E-state index >= 15 is 0 Å². The number of hydrogen-bond acceptors (Lipinski definition) is 0. The molecule has 0 aliphatic heterocycles. The molecule has 2 heteroatoms. The molecule has 4 aromatic carbocycles. The van der Waals surface area contributed by atoms with Crippen molar-refractivity contribution in [3.63, 3.8) is 0 Å². The Kier molecular flexibility index (Phi) is 8.99. The standard InChI is InChI=1S/C33H38BrP/c1-2-3-4-5-6-10-17-29-24-26-30(27-25-29)28-35(34,31-18-11-7-12-19-31,32-20-13-8-14-21-32)33-22-15-9-16-23-33/h7-9,11-16,18-27H,2-6,10,17,28H2,1H3. The monoisotopic (exact) mass is 544 g/mol.